The largest absolute Gasteiger partial charge is 0.353 e. The maximum Gasteiger partial charge on any atom is 0.220 e. The predicted octanol–water partition coefficient (Wildman–Crippen LogP) is 2.74. The van der Waals surface area contributed by atoms with Gasteiger partial charge >= 0.3 is 0 Å². The van der Waals surface area contributed by atoms with Crippen molar-refractivity contribution in [3.8, 4) is 0 Å². The Morgan fingerprint density at radius 3 is 2.57 bits per heavy atom. The number of hydrogen-bond acceptors (Lipinski definition) is 2. The van der Waals surface area contributed by atoms with Crippen molar-refractivity contribution >= 4 is 18.3 Å². The quantitative estimate of drug-likeness (QED) is 0.841. The van der Waals surface area contributed by atoms with Crippen LogP contribution in [0, 0.1) is 29.6 Å². The molecule has 0 aromatic rings. The molecule has 2 N–H and O–H groups in total. The van der Waals surface area contributed by atoms with Crippen molar-refractivity contribution in [2.75, 3.05) is 13.1 Å². The Kier molecular flexibility index (Phi) is 4.80. The van der Waals surface area contributed by atoms with Crippen LogP contribution in [0.1, 0.15) is 51.4 Å². The van der Waals surface area contributed by atoms with E-state index < -0.39 is 0 Å². The van der Waals surface area contributed by atoms with Gasteiger partial charge in [0.2, 0.25) is 5.91 Å². The van der Waals surface area contributed by atoms with Gasteiger partial charge in [0, 0.05) is 12.5 Å². The normalized spacial score (nSPS) is 41.6. The van der Waals surface area contributed by atoms with E-state index in [2.05, 4.69) is 10.6 Å². The van der Waals surface area contributed by atoms with E-state index >= 15 is 0 Å². The molecule has 2 bridgehead atoms. The minimum Gasteiger partial charge on any atom is -0.353 e. The van der Waals surface area contributed by atoms with E-state index in [9.17, 15) is 4.79 Å². The van der Waals surface area contributed by atoms with E-state index in [1.807, 2.05) is 0 Å². The van der Waals surface area contributed by atoms with E-state index in [4.69, 9.17) is 0 Å². The van der Waals surface area contributed by atoms with Crippen LogP contribution in [0.5, 0.6) is 0 Å². The zero-order valence-electron chi connectivity index (χ0n) is 12.9. The van der Waals surface area contributed by atoms with Gasteiger partial charge in [-0.15, -0.1) is 12.4 Å². The molecule has 0 radical (unpaired) electrons. The number of hydrogen-bond donors (Lipinski definition) is 2. The lowest BCUT2D eigenvalue weighted by Crippen LogP contribution is -2.43. The maximum absolute atomic E-state index is 12.3. The van der Waals surface area contributed by atoms with Crippen molar-refractivity contribution in [3.05, 3.63) is 0 Å². The molecule has 3 aliphatic carbocycles. The fourth-order valence-corrected chi connectivity index (χ4v) is 5.85. The van der Waals surface area contributed by atoms with E-state index in [0.717, 1.165) is 43.2 Å². The van der Waals surface area contributed by atoms with Gasteiger partial charge in [-0.05, 0) is 81.2 Å². The summed E-state index contributed by atoms with van der Waals surface area (Å²) in [6.07, 6.45) is 10.2. The molecule has 3 saturated carbocycles. The Bertz CT molecular complexity index is 383. The molecule has 4 aliphatic rings. The van der Waals surface area contributed by atoms with Crippen LogP contribution in [0.3, 0.4) is 0 Å². The second-order valence-electron chi connectivity index (χ2n) is 7.73. The minimum absolute atomic E-state index is 0. The molecular formula is C17H29ClN2O. The summed E-state index contributed by atoms with van der Waals surface area (Å²) in [5.41, 5.74) is 0. The zero-order valence-corrected chi connectivity index (χ0v) is 13.7. The van der Waals surface area contributed by atoms with Gasteiger partial charge < -0.3 is 10.6 Å². The first-order valence-electron chi connectivity index (χ1n) is 8.81. The molecule has 0 aromatic heterocycles. The highest BCUT2D eigenvalue weighted by molar-refractivity contribution is 5.85. The van der Waals surface area contributed by atoms with Crippen LogP contribution in [0.4, 0.5) is 0 Å². The number of amides is 1. The van der Waals surface area contributed by atoms with Gasteiger partial charge in [-0.3, -0.25) is 4.79 Å². The molecule has 3 nitrogen and oxygen atoms in total. The Hall–Kier alpha value is -0.280. The molecule has 1 heterocycles. The molecule has 0 spiro atoms. The maximum atomic E-state index is 12.3. The molecule has 5 atom stereocenters. The Labute approximate surface area is 134 Å². The minimum atomic E-state index is 0. The van der Waals surface area contributed by atoms with Crippen LogP contribution in [0.2, 0.25) is 0 Å². The lowest BCUT2D eigenvalue weighted by atomic mass is 9.79. The third-order valence-electron chi connectivity index (χ3n) is 6.71. The second kappa shape index (κ2) is 6.45. The Morgan fingerprint density at radius 2 is 1.76 bits per heavy atom. The summed E-state index contributed by atoms with van der Waals surface area (Å²) in [7, 11) is 0. The van der Waals surface area contributed by atoms with E-state index in [0.29, 0.717) is 17.9 Å². The van der Waals surface area contributed by atoms with Gasteiger partial charge in [-0.2, -0.15) is 0 Å². The van der Waals surface area contributed by atoms with E-state index in [1.165, 1.54) is 44.9 Å². The summed E-state index contributed by atoms with van der Waals surface area (Å²) >= 11 is 0. The van der Waals surface area contributed by atoms with Crippen LogP contribution in [-0.4, -0.2) is 25.0 Å². The van der Waals surface area contributed by atoms with Crippen molar-refractivity contribution in [1.82, 2.24) is 10.6 Å². The first kappa shape index (κ1) is 15.6. The lowest BCUT2D eigenvalue weighted by Gasteiger charge is -2.32. The summed E-state index contributed by atoms with van der Waals surface area (Å²) in [6, 6.07) is 0.522. The monoisotopic (exact) mass is 312 g/mol. The molecule has 1 aliphatic heterocycles. The van der Waals surface area contributed by atoms with Crippen LogP contribution >= 0.6 is 12.4 Å². The summed E-state index contributed by atoms with van der Waals surface area (Å²) in [5.74, 6) is 4.70. The summed E-state index contributed by atoms with van der Waals surface area (Å²) in [4.78, 5) is 12.3. The van der Waals surface area contributed by atoms with Crippen molar-refractivity contribution in [3.63, 3.8) is 0 Å². The van der Waals surface area contributed by atoms with Crippen molar-refractivity contribution in [2.24, 2.45) is 29.6 Å². The fraction of sp³-hybridized carbons (Fsp3) is 0.941. The predicted molar refractivity (Wildman–Crippen MR) is 86.4 cm³/mol. The number of carbonyl (C=O) groups is 1. The highest BCUT2D eigenvalue weighted by Crippen LogP contribution is 2.58. The highest BCUT2D eigenvalue weighted by atomic mass is 35.5. The molecule has 5 unspecified atom stereocenters. The highest BCUT2D eigenvalue weighted by Gasteiger charge is 2.53. The van der Waals surface area contributed by atoms with E-state index in [1.54, 1.807) is 0 Å². The average molecular weight is 313 g/mol. The Morgan fingerprint density at radius 1 is 1.00 bits per heavy atom. The van der Waals surface area contributed by atoms with Gasteiger partial charge in [0.15, 0.2) is 0 Å². The number of halogens is 1. The molecule has 4 heteroatoms. The first-order valence-corrected chi connectivity index (χ1v) is 8.81. The number of piperidine rings is 1. The number of rotatable bonds is 3. The van der Waals surface area contributed by atoms with Crippen LogP contribution in [0.25, 0.3) is 0 Å². The van der Waals surface area contributed by atoms with Crippen LogP contribution in [0.15, 0.2) is 0 Å². The van der Waals surface area contributed by atoms with Crippen LogP contribution < -0.4 is 10.6 Å². The molecule has 21 heavy (non-hydrogen) atoms. The topological polar surface area (TPSA) is 41.1 Å². The lowest BCUT2D eigenvalue weighted by molar-refractivity contribution is -0.123. The van der Waals surface area contributed by atoms with Gasteiger partial charge in [-0.25, -0.2) is 0 Å². The van der Waals surface area contributed by atoms with Gasteiger partial charge in [0.05, 0.1) is 0 Å². The molecule has 1 amide bonds. The molecule has 4 fully saturated rings. The smallest absolute Gasteiger partial charge is 0.220 e. The standard InChI is InChI=1S/C17H28N2O.ClH/c20-17(8-11-4-6-18-7-5-11)19-16-10-12-9-15(16)14-3-1-2-13(12)14;/h11-16,18H,1-10H2,(H,19,20);1H. The molecule has 4 rings (SSSR count). The van der Waals surface area contributed by atoms with Gasteiger partial charge in [0.25, 0.3) is 0 Å². The fourth-order valence-electron chi connectivity index (χ4n) is 5.85. The van der Waals surface area contributed by atoms with Gasteiger partial charge in [-0.1, -0.05) is 6.42 Å². The SMILES string of the molecule is Cl.O=C(CC1CCNCC1)NC1CC2CC1C1CCCC21. The third-order valence-corrected chi connectivity index (χ3v) is 6.71. The molecule has 0 aromatic carbocycles. The average Bonchev–Trinajstić information content (AvgIpc) is 3.11. The van der Waals surface area contributed by atoms with E-state index in [-0.39, 0.29) is 12.4 Å². The van der Waals surface area contributed by atoms with Gasteiger partial charge in [0.1, 0.15) is 0 Å². The van der Waals surface area contributed by atoms with Crippen molar-refractivity contribution in [2.45, 2.75) is 57.4 Å². The molecule has 120 valence electrons. The van der Waals surface area contributed by atoms with Crippen molar-refractivity contribution < 1.29 is 4.79 Å². The summed E-state index contributed by atoms with van der Waals surface area (Å²) in [6.45, 7) is 2.19. The van der Waals surface area contributed by atoms with Crippen molar-refractivity contribution in [1.29, 1.82) is 0 Å². The second-order valence-corrected chi connectivity index (χ2v) is 7.73. The number of fused-ring (bicyclic) bond motifs is 5. The third kappa shape index (κ3) is 2.96. The zero-order chi connectivity index (χ0) is 13.5. The van der Waals surface area contributed by atoms with Crippen LogP contribution in [-0.2, 0) is 4.79 Å². The molecular weight excluding hydrogens is 284 g/mol. The Balaban J connectivity index is 0.00000132. The summed E-state index contributed by atoms with van der Waals surface area (Å²) in [5, 5.41) is 6.79. The number of carbonyl (C=O) groups excluding carboxylic acids is 1. The summed E-state index contributed by atoms with van der Waals surface area (Å²) < 4.78 is 0. The number of nitrogens with one attached hydrogen (secondary N) is 2. The first-order chi connectivity index (χ1) is 9.81. The molecule has 1 saturated heterocycles.